The maximum atomic E-state index is 12.1. The molecule has 0 bridgehead atoms. The topological polar surface area (TPSA) is 95.0 Å². The van der Waals surface area contributed by atoms with Gasteiger partial charge in [-0.2, -0.15) is 0 Å². The fourth-order valence-electron chi connectivity index (χ4n) is 2.40. The summed E-state index contributed by atoms with van der Waals surface area (Å²) < 4.78 is 5.40. The number of amides is 1. The van der Waals surface area contributed by atoms with E-state index in [0.29, 0.717) is 24.7 Å². The Morgan fingerprint density at radius 3 is 2.56 bits per heavy atom. The number of aliphatic imine (C=N–C) groups is 1. The molecule has 7 heteroatoms. The molecule has 0 heterocycles. The second-order valence-electron chi connectivity index (χ2n) is 5.96. The van der Waals surface area contributed by atoms with Crippen molar-refractivity contribution in [2.45, 2.75) is 20.4 Å². The first-order chi connectivity index (χ1) is 13.0. The molecule has 0 saturated heterocycles. The number of guanidine groups is 1. The minimum atomic E-state index is -0.209. The Morgan fingerprint density at radius 2 is 1.89 bits per heavy atom. The number of nitrogens with one attached hydrogen (secondary N) is 3. The van der Waals surface area contributed by atoms with E-state index in [1.165, 1.54) is 12.1 Å². The van der Waals surface area contributed by atoms with Crippen molar-refractivity contribution in [3.05, 3.63) is 53.6 Å². The Kier molecular flexibility index (Phi) is 7.49. The molecular weight excluding hydrogens is 344 g/mol. The van der Waals surface area contributed by atoms with E-state index in [-0.39, 0.29) is 18.2 Å². The third kappa shape index (κ3) is 6.54. The normalized spacial score (nSPS) is 11.0. The van der Waals surface area contributed by atoms with Crippen molar-refractivity contribution in [1.29, 1.82) is 0 Å². The Bertz CT molecular complexity index is 788. The van der Waals surface area contributed by atoms with Gasteiger partial charge in [-0.15, -0.1) is 0 Å². The van der Waals surface area contributed by atoms with Crippen LogP contribution < -0.4 is 20.7 Å². The van der Waals surface area contributed by atoms with E-state index in [0.717, 1.165) is 16.9 Å². The first kappa shape index (κ1) is 20.1. The van der Waals surface area contributed by atoms with Gasteiger partial charge >= 0.3 is 0 Å². The molecule has 4 N–H and O–H groups in total. The van der Waals surface area contributed by atoms with Gasteiger partial charge in [-0.1, -0.05) is 12.1 Å². The van der Waals surface area contributed by atoms with Crippen molar-refractivity contribution in [2.75, 3.05) is 25.5 Å². The van der Waals surface area contributed by atoms with Crippen LogP contribution in [0.2, 0.25) is 0 Å². The van der Waals surface area contributed by atoms with Gasteiger partial charge in [0.2, 0.25) is 5.91 Å². The van der Waals surface area contributed by atoms with Crippen molar-refractivity contribution >= 4 is 17.6 Å². The minimum Gasteiger partial charge on any atom is -0.508 e. The van der Waals surface area contributed by atoms with Crippen LogP contribution in [0.4, 0.5) is 5.69 Å². The molecule has 2 rings (SSSR count). The number of methoxy groups -OCH3 is 1. The van der Waals surface area contributed by atoms with Crippen LogP contribution in [0.3, 0.4) is 0 Å². The average molecular weight is 370 g/mol. The molecule has 0 radical (unpaired) electrons. The number of hydrogen-bond donors (Lipinski definition) is 4. The number of phenols is 1. The number of anilines is 1. The van der Waals surface area contributed by atoms with Crippen LogP contribution in [0.1, 0.15) is 18.1 Å². The average Bonchev–Trinajstić information content (AvgIpc) is 2.66. The summed E-state index contributed by atoms with van der Waals surface area (Å²) in [5.41, 5.74) is 2.70. The largest absolute Gasteiger partial charge is 0.508 e. The fraction of sp³-hybridized carbons (Fsp3) is 0.300. The summed E-state index contributed by atoms with van der Waals surface area (Å²) in [6, 6.07) is 12.3. The molecule has 0 aliphatic heterocycles. The summed E-state index contributed by atoms with van der Waals surface area (Å²) in [5, 5.41) is 18.1. The quantitative estimate of drug-likeness (QED) is 0.341. The number of rotatable bonds is 7. The summed E-state index contributed by atoms with van der Waals surface area (Å²) >= 11 is 0. The second kappa shape index (κ2) is 10.1. The van der Waals surface area contributed by atoms with E-state index in [9.17, 15) is 9.90 Å². The highest BCUT2D eigenvalue weighted by Gasteiger charge is 2.06. The predicted molar refractivity (Wildman–Crippen MR) is 107 cm³/mol. The van der Waals surface area contributed by atoms with Crippen molar-refractivity contribution in [3.8, 4) is 11.5 Å². The smallest absolute Gasteiger partial charge is 0.243 e. The summed E-state index contributed by atoms with van der Waals surface area (Å²) in [6.07, 6.45) is 0. The summed E-state index contributed by atoms with van der Waals surface area (Å²) in [4.78, 5) is 16.6. The van der Waals surface area contributed by atoms with Crippen LogP contribution in [0.5, 0.6) is 11.5 Å². The third-order valence-electron chi connectivity index (χ3n) is 3.76. The molecule has 0 unspecified atom stereocenters. The third-order valence-corrected chi connectivity index (χ3v) is 3.76. The lowest BCUT2D eigenvalue weighted by Gasteiger charge is -2.12. The van der Waals surface area contributed by atoms with Crippen LogP contribution >= 0.6 is 0 Å². The van der Waals surface area contributed by atoms with Gasteiger partial charge in [-0.25, -0.2) is 4.99 Å². The van der Waals surface area contributed by atoms with Crippen LogP contribution in [0, 0.1) is 6.92 Å². The molecule has 0 aromatic heterocycles. The van der Waals surface area contributed by atoms with Gasteiger partial charge in [0.1, 0.15) is 11.5 Å². The van der Waals surface area contributed by atoms with Gasteiger partial charge in [0.05, 0.1) is 20.2 Å². The Labute approximate surface area is 159 Å². The van der Waals surface area contributed by atoms with Crippen molar-refractivity contribution < 1.29 is 14.6 Å². The molecule has 27 heavy (non-hydrogen) atoms. The maximum Gasteiger partial charge on any atom is 0.243 e. The summed E-state index contributed by atoms with van der Waals surface area (Å²) in [6.45, 7) is 5.14. The molecule has 0 saturated carbocycles. The van der Waals surface area contributed by atoms with Crippen LogP contribution in [-0.2, 0) is 11.3 Å². The van der Waals surface area contributed by atoms with Crippen molar-refractivity contribution in [3.63, 3.8) is 0 Å². The van der Waals surface area contributed by atoms with Crippen LogP contribution in [-0.4, -0.2) is 37.2 Å². The molecule has 0 fully saturated rings. The number of benzene rings is 2. The zero-order valence-corrected chi connectivity index (χ0v) is 15.9. The molecular formula is C20H26N4O3. The van der Waals surface area contributed by atoms with Crippen molar-refractivity contribution in [1.82, 2.24) is 10.6 Å². The number of aromatic hydroxyl groups is 1. The molecule has 2 aromatic rings. The number of carbonyl (C=O) groups excluding carboxylic acids is 1. The van der Waals surface area contributed by atoms with E-state index in [1.54, 1.807) is 19.2 Å². The Hall–Kier alpha value is -3.22. The lowest BCUT2D eigenvalue weighted by Crippen LogP contribution is -2.41. The van der Waals surface area contributed by atoms with Crippen LogP contribution in [0.25, 0.3) is 0 Å². The molecule has 0 atom stereocenters. The number of hydrogen-bond acceptors (Lipinski definition) is 4. The lowest BCUT2D eigenvalue weighted by atomic mass is 10.1. The molecule has 144 valence electrons. The molecule has 7 nitrogen and oxygen atoms in total. The van der Waals surface area contributed by atoms with E-state index in [1.807, 2.05) is 32.0 Å². The highest BCUT2D eigenvalue weighted by molar-refractivity contribution is 5.95. The molecule has 0 aliphatic carbocycles. The van der Waals surface area contributed by atoms with Gasteiger partial charge < -0.3 is 25.8 Å². The van der Waals surface area contributed by atoms with Crippen LogP contribution in [0.15, 0.2) is 47.5 Å². The number of ether oxygens (including phenoxy) is 1. The number of carbonyl (C=O) groups is 1. The fourth-order valence-corrected chi connectivity index (χ4v) is 2.40. The van der Waals surface area contributed by atoms with Gasteiger partial charge in [0.25, 0.3) is 0 Å². The number of phenolic OH excluding ortho intramolecular Hbond substituents is 1. The lowest BCUT2D eigenvalue weighted by molar-refractivity contribution is -0.115. The van der Waals surface area contributed by atoms with Gasteiger partial charge in [0.15, 0.2) is 5.96 Å². The predicted octanol–water partition coefficient (Wildman–Crippen LogP) is 2.40. The second-order valence-corrected chi connectivity index (χ2v) is 5.96. The van der Waals surface area contributed by atoms with Gasteiger partial charge in [-0.05, 0) is 49.7 Å². The van der Waals surface area contributed by atoms with Gasteiger partial charge in [-0.3, -0.25) is 4.79 Å². The number of aryl methyl sites for hydroxylation is 1. The molecule has 0 aliphatic rings. The molecule has 0 spiro atoms. The summed E-state index contributed by atoms with van der Waals surface area (Å²) in [7, 11) is 1.64. The molecule has 2 aromatic carbocycles. The SMILES string of the molecule is CCNC(=NCc1ccc(C)cc1OC)NCC(=O)Nc1ccc(O)cc1. The minimum absolute atomic E-state index is 0.0672. The number of nitrogens with zero attached hydrogens (tertiary/aromatic N) is 1. The first-order valence-corrected chi connectivity index (χ1v) is 8.76. The zero-order valence-electron chi connectivity index (χ0n) is 15.9. The van der Waals surface area contributed by atoms with Gasteiger partial charge in [0, 0.05) is 17.8 Å². The molecule has 1 amide bonds. The Balaban J connectivity index is 1.95. The Morgan fingerprint density at radius 1 is 1.15 bits per heavy atom. The van der Waals surface area contributed by atoms with E-state index < -0.39 is 0 Å². The standard InChI is InChI=1S/C20H26N4O3/c1-4-21-20(22-12-15-6-5-14(2)11-18(15)27-3)23-13-19(26)24-16-7-9-17(25)10-8-16/h5-11,25H,4,12-13H2,1-3H3,(H,24,26)(H2,21,22,23). The monoisotopic (exact) mass is 370 g/mol. The maximum absolute atomic E-state index is 12.1. The zero-order chi connectivity index (χ0) is 19.6. The van der Waals surface area contributed by atoms with E-state index in [2.05, 4.69) is 20.9 Å². The van der Waals surface area contributed by atoms with Crippen molar-refractivity contribution in [2.24, 2.45) is 4.99 Å². The van der Waals surface area contributed by atoms with E-state index >= 15 is 0 Å². The first-order valence-electron chi connectivity index (χ1n) is 8.76. The highest BCUT2D eigenvalue weighted by Crippen LogP contribution is 2.20. The highest BCUT2D eigenvalue weighted by atomic mass is 16.5. The summed E-state index contributed by atoms with van der Waals surface area (Å²) in [5.74, 6) is 1.28. The van der Waals surface area contributed by atoms with E-state index in [4.69, 9.17) is 4.74 Å².